The van der Waals surface area contributed by atoms with Crippen molar-refractivity contribution in [3.8, 4) is 22.2 Å². The number of rotatable bonds is 10. The fourth-order valence-corrected chi connectivity index (χ4v) is 5.55. The monoisotopic (exact) mass is 626 g/mol. The zero-order valence-corrected chi connectivity index (χ0v) is 23.4. The molecular weight excluding hydrogens is 603 g/mol. The number of carbonyl (C=O) groups excluding carboxylic acids is 1. The lowest BCUT2D eigenvalue weighted by Crippen LogP contribution is -2.30. The molecule has 1 amide bonds. The van der Waals surface area contributed by atoms with Gasteiger partial charge in [-0.15, -0.1) is 0 Å². The van der Waals surface area contributed by atoms with E-state index in [1.807, 2.05) is 0 Å². The summed E-state index contributed by atoms with van der Waals surface area (Å²) in [7, 11) is -3.42. The van der Waals surface area contributed by atoms with Crippen LogP contribution in [0, 0.1) is 0 Å². The number of thiazole rings is 1. The van der Waals surface area contributed by atoms with Crippen LogP contribution in [0.25, 0.3) is 11.3 Å². The van der Waals surface area contributed by atoms with Gasteiger partial charge in [0.25, 0.3) is 17.5 Å². The minimum atomic E-state index is -4.54. The Hall–Kier alpha value is -3.88. The van der Waals surface area contributed by atoms with Crippen molar-refractivity contribution >= 4 is 27.1 Å². The number of aliphatic hydroxyl groups is 1. The Bertz CT molecular complexity index is 1640. The molecule has 0 aliphatic rings. The molecule has 14 heteroatoms. The van der Waals surface area contributed by atoms with E-state index in [0.29, 0.717) is 16.9 Å². The van der Waals surface area contributed by atoms with Crippen molar-refractivity contribution in [2.24, 2.45) is 0 Å². The smallest absolute Gasteiger partial charge is 0.416 e. The molecule has 222 valence electrons. The van der Waals surface area contributed by atoms with Crippen LogP contribution in [-0.4, -0.2) is 36.8 Å². The van der Waals surface area contributed by atoms with Crippen molar-refractivity contribution in [3.63, 3.8) is 0 Å². The van der Waals surface area contributed by atoms with Crippen molar-refractivity contribution in [1.82, 2.24) is 10.3 Å². The zero-order valence-electron chi connectivity index (χ0n) is 21.7. The summed E-state index contributed by atoms with van der Waals surface area (Å²) < 4.78 is 95.4. The maximum Gasteiger partial charge on any atom is 0.416 e. The summed E-state index contributed by atoms with van der Waals surface area (Å²) >= 11 is 0.540. The molecule has 0 spiro atoms. The average Bonchev–Trinajstić information content (AvgIpc) is 3.40. The number of alkyl halides is 5. The fraction of sp³-hybridized carbons (Fsp3) is 0.214. The first-order valence-electron chi connectivity index (χ1n) is 12.3. The Kier molecular flexibility index (Phi) is 9.28. The third-order valence-corrected chi connectivity index (χ3v) is 8.84. The van der Waals surface area contributed by atoms with Crippen molar-refractivity contribution in [2.45, 2.75) is 30.5 Å². The highest BCUT2D eigenvalue weighted by atomic mass is 32.2. The molecule has 7 nitrogen and oxygen atoms in total. The van der Waals surface area contributed by atoms with Crippen LogP contribution in [0.15, 0.2) is 77.7 Å². The number of carbonyl (C=O) groups is 1. The largest absolute Gasteiger partial charge is 0.431 e. The molecule has 0 unspecified atom stereocenters. The van der Waals surface area contributed by atoms with Crippen LogP contribution in [0.2, 0.25) is 0 Å². The Morgan fingerprint density at radius 3 is 2.14 bits per heavy atom. The standard InChI is InChI=1S/C28H23F5N2O5S2/c1-2-42(38,39)21-13-7-16(8-14-21)22(15-36)34-26(37)18-5-3-17(4-6-18)23-24(25(29)30)41-27(35-23)40-20-11-9-19(10-12-20)28(31,32)33/h3-14,22,25,36H,2,15H2,1H3,(H,34,37)/t22-/m0/s1. The van der Waals surface area contributed by atoms with Crippen LogP contribution in [0.3, 0.4) is 0 Å². The number of ether oxygens (including phenoxy) is 1. The van der Waals surface area contributed by atoms with Gasteiger partial charge in [-0.05, 0) is 54.1 Å². The first-order valence-corrected chi connectivity index (χ1v) is 14.8. The first-order chi connectivity index (χ1) is 19.8. The van der Waals surface area contributed by atoms with Crippen LogP contribution in [-0.2, 0) is 16.0 Å². The molecule has 2 N–H and O–H groups in total. The second-order valence-corrected chi connectivity index (χ2v) is 12.1. The van der Waals surface area contributed by atoms with E-state index >= 15 is 0 Å². The summed E-state index contributed by atoms with van der Waals surface area (Å²) in [5, 5.41) is 12.2. The molecule has 0 aliphatic heterocycles. The third kappa shape index (κ3) is 7.12. The second-order valence-electron chi connectivity index (χ2n) is 8.88. The molecule has 3 aromatic carbocycles. The van der Waals surface area contributed by atoms with Crippen molar-refractivity contribution in [2.75, 3.05) is 12.4 Å². The van der Waals surface area contributed by atoms with Gasteiger partial charge in [0, 0.05) is 11.1 Å². The third-order valence-electron chi connectivity index (χ3n) is 6.15. The summed E-state index contributed by atoms with van der Waals surface area (Å²) in [6.45, 7) is 1.05. The lowest BCUT2D eigenvalue weighted by atomic mass is 10.1. The summed E-state index contributed by atoms with van der Waals surface area (Å²) in [4.78, 5) is 16.6. The van der Waals surface area contributed by atoms with Gasteiger partial charge in [0.15, 0.2) is 9.84 Å². The van der Waals surface area contributed by atoms with Gasteiger partial charge < -0.3 is 15.2 Å². The van der Waals surface area contributed by atoms with Crippen molar-refractivity contribution in [3.05, 3.63) is 94.4 Å². The lowest BCUT2D eigenvalue weighted by molar-refractivity contribution is -0.137. The Morgan fingerprint density at radius 2 is 1.62 bits per heavy atom. The molecule has 1 atom stereocenters. The average molecular weight is 627 g/mol. The summed E-state index contributed by atoms with van der Waals surface area (Å²) in [5.41, 5.74) is -0.136. The molecule has 0 saturated carbocycles. The number of halogens is 5. The van der Waals surface area contributed by atoms with Gasteiger partial charge in [-0.25, -0.2) is 22.2 Å². The predicted molar refractivity (Wildman–Crippen MR) is 145 cm³/mol. The molecule has 0 fully saturated rings. The maximum atomic E-state index is 13.8. The molecule has 4 aromatic rings. The number of amides is 1. The summed E-state index contributed by atoms with van der Waals surface area (Å²) in [6.07, 6.45) is -7.46. The van der Waals surface area contributed by atoms with E-state index in [2.05, 4.69) is 10.3 Å². The molecule has 42 heavy (non-hydrogen) atoms. The molecule has 0 radical (unpaired) electrons. The van der Waals surface area contributed by atoms with Gasteiger partial charge in [-0.1, -0.05) is 42.5 Å². The van der Waals surface area contributed by atoms with Gasteiger partial charge in [-0.3, -0.25) is 4.79 Å². The number of nitrogens with zero attached hydrogens (tertiary/aromatic N) is 1. The number of hydrogen-bond donors (Lipinski definition) is 2. The number of hydrogen-bond acceptors (Lipinski definition) is 7. The number of benzene rings is 3. The minimum Gasteiger partial charge on any atom is -0.431 e. The van der Waals surface area contributed by atoms with Gasteiger partial charge in [0.05, 0.1) is 34.6 Å². The minimum absolute atomic E-state index is 0.0174. The molecule has 1 heterocycles. The fourth-order valence-electron chi connectivity index (χ4n) is 3.85. The Morgan fingerprint density at radius 1 is 1.00 bits per heavy atom. The van der Waals surface area contributed by atoms with E-state index in [1.165, 1.54) is 55.5 Å². The first kappa shape index (κ1) is 31.1. The number of sulfone groups is 1. The zero-order chi connectivity index (χ0) is 30.7. The van der Waals surface area contributed by atoms with Gasteiger partial charge >= 0.3 is 6.18 Å². The van der Waals surface area contributed by atoms with Crippen LogP contribution in [0.5, 0.6) is 10.9 Å². The number of nitrogens with one attached hydrogen (secondary N) is 1. The maximum absolute atomic E-state index is 13.8. The Labute approximate surface area is 241 Å². The van der Waals surface area contributed by atoms with E-state index in [4.69, 9.17) is 4.74 Å². The van der Waals surface area contributed by atoms with E-state index in [1.54, 1.807) is 0 Å². The topological polar surface area (TPSA) is 106 Å². The van der Waals surface area contributed by atoms with Crippen LogP contribution in [0.4, 0.5) is 22.0 Å². The van der Waals surface area contributed by atoms with Crippen LogP contribution < -0.4 is 10.1 Å². The van der Waals surface area contributed by atoms with Crippen LogP contribution >= 0.6 is 11.3 Å². The molecule has 4 rings (SSSR count). The summed E-state index contributed by atoms with van der Waals surface area (Å²) in [6, 6.07) is 14.2. The second kappa shape index (κ2) is 12.5. The molecular formula is C28H23F5N2O5S2. The van der Waals surface area contributed by atoms with Gasteiger partial charge in [-0.2, -0.15) is 13.2 Å². The highest BCUT2D eigenvalue weighted by Crippen LogP contribution is 2.40. The van der Waals surface area contributed by atoms with E-state index < -0.39 is 51.4 Å². The Balaban J connectivity index is 1.49. The van der Waals surface area contributed by atoms with E-state index in [9.17, 15) is 40.3 Å². The predicted octanol–water partition coefficient (Wildman–Crippen LogP) is 6.82. The molecule has 1 aromatic heterocycles. The van der Waals surface area contributed by atoms with Gasteiger partial charge in [0.1, 0.15) is 10.6 Å². The van der Waals surface area contributed by atoms with Gasteiger partial charge in [0.2, 0.25) is 0 Å². The highest BCUT2D eigenvalue weighted by molar-refractivity contribution is 7.91. The normalized spacial score (nSPS) is 12.8. The highest BCUT2D eigenvalue weighted by Gasteiger charge is 2.30. The van der Waals surface area contributed by atoms with E-state index in [0.717, 1.165) is 24.3 Å². The molecule has 0 saturated heterocycles. The van der Waals surface area contributed by atoms with E-state index in [-0.39, 0.29) is 38.4 Å². The summed E-state index contributed by atoms with van der Waals surface area (Å²) in [5.74, 6) is -0.670. The lowest BCUT2D eigenvalue weighted by Gasteiger charge is -2.17. The van der Waals surface area contributed by atoms with Crippen LogP contribution in [0.1, 0.15) is 45.8 Å². The van der Waals surface area contributed by atoms with Crippen molar-refractivity contribution < 1.29 is 45.0 Å². The molecule has 0 aliphatic carbocycles. The number of aliphatic hydroxyl groups excluding tert-OH is 1. The molecule has 0 bridgehead atoms. The SMILES string of the molecule is CCS(=O)(=O)c1ccc([C@H](CO)NC(=O)c2ccc(-c3nc(Oc4ccc(C(F)(F)F)cc4)sc3C(F)F)cc2)cc1. The van der Waals surface area contributed by atoms with Crippen molar-refractivity contribution in [1.29, 1.82) is 0 Å². The number of aromatic nitrogens is 1. The quantitative estimate of drug-likeness (QED) is 0.187.